The highest BCUT2D eigenvalue weighted by molar-refractivity contribution is 6.19. The summed E-state index contributed by atoms with van der Waals surface area (Å²) in [7, 11) is 0. The lowest BCUT2D eigenvalue weighted by Crippen LogP contribution is -2.26. The van der Waals surface area contributed by atoms with Crippen LogP contribution < -0.4 is 0 Å². The molecule has 1 aromatic heterocycles. The van der Waals surface area contributed by atoms with Crippen LogP contribution in [0.3, 0.4) is 0 Å². The van der Waals surface area contributed by atoms with Gasteiger partial charge in [0.15, 0.2) is 0 Å². The van der Waals surface area contributed by atoms with Gasteiger partial charge in [0.2, 0.25) is 0 Å². The van der Waals surface area contributed by atoms with E-state index in [1.165, 1.54) is 82.9 Å². The summed E-state index contributed by atoms with van der Waals surface area (Å²) in [6, 6.07) is 67.3. The highest BCUT2D eigenvalue weighted by Crippen LogP contribution is 2.64. The Morgan fingerprint density at radius 2 is 0.981 bits per heavy atom. The van der Waals surface area contributed by atoms with Gasteiger partial charge in [-0.25, -0.2) is 0 Å². The van der Waals surface area contributed by atoms with Crippen LogP contribution in [0.4, 0.5) is 0 Å². The summed E-state index contributed by atoms with van der Waals surface area (Å²) in [5.74, 6) is 0. The molecule has 0 saturated carbocycles. The molecule has 0 fully saturated rings. The molecule has 52 heavy (non-hydrogen) atoms. The first-order chi connectivity index (χ1) is 25.8. The van der Waals surface area contributed by atoms with Crippen LogP contribution >= 0.6 is 0 Å². The van der Waals surface area contributed by atoms with Crippen molar-refractivity contribution in [1.29, 1.82) is 0 Å². The van der Waals surface area contributed by atoms with E-state index in [0.717, 1.165) is 27.3 Å². The van der Waals surface area contributed by atoms with Crippen molar-refractivity contribution < 1.29 is 4.42 Å². The van der Waals surface area contributed by atoms with Gasteiger partial charge in [-0.15, -0.1) is 0 Å². The Morgan fingerprint density at radius 3 is 1.83 bits per heavy atom. The Morgan fingerprint density at radius 1 is 0.346 bits per heavy atom. The fourth-order valence-corrected chi connectivity index (χ4v) is 9.84. The molecule has 10 aromatic rings. The van der Waals surface area contributed by atoms with Gasteiger partial charge in [-0.2, -0.15) is 0 Å². The van der Waals surface area contributed by atoms with Gasteiger partial charge in [0, 0.05) is 16.2 Å². The van der Waals surface area contributed by atoms with Gasteiger partial charge in [-0.05, 0) is 101 Å². The normalized spacial score (nSPS) is 13.5. The molecule has 0 aliphatic heterocycles. The van der Waals surface area contributed by atoms with Crippen LogP contribution in [0.15, 0.2) is 186 Å². The molecule has 1 heterocycles. The molecule has 2 aliphatic carbocycles. The Bertz CT molecular complexity index is 3080. The highest BCUT2D eigenvalue weighted by atomic mass is 16.3. The predicted molar refractivity (Wildman–Crippen MR) is 216 cm³/mol. The minimum Gasteiger partial charge on any atom is -0.455 e. The largest absolute Gasteiger partial charge is 0.455 e. The molecule has 0 amide bonds. The summed E-state index contributed by atoms with van der Waals surface area (Å²) >= 11 is 0. The van der Waals surface area contributed by atoms with Crippen molar-refractivity contribution in [2.24, 2.45) is 0 Å². The standard InChI is InChI=1S/C51H30O/c1-2-12-31(13-3-1)34-18-10-20-41-37(34)28-29-42-40-26-25-33(35-19-11-23-47-48(35)43-27-24-32-14-4-5-15-36(32)50(43)52-47)30-46(40)51(49(41)42)44-21-8-6-16-38(44)39-17-7-9-22-45(39)51/h1-30H. The van der Waals surface area contributed by atoms with Crippen LogP contribution in [-0.2, 0) is 5.41 Å². The monoisotopic (exact) mass is 658 g/mol. The van der Waals surface area contributed by atoms with Crippen molar-refractivity contribution in [2.45, 2.75) is 5.41 Å². The van der Waals surface area contributed by atoms with Gasteiger partial charge in [0.25, 0.3) is 0 Å². The van der Waals surface area contributed by atoms with Crippen LogP contribution in [0.25, 0.3) is 88.0 Å². The van der Waals surface area contributed by atoms with Crippen molar-refractivity contribution in [3.05, 3.63) is 204 Å². The molecule has 1 heteroatoms. The maximum absolute atomic E-state index is 6.65. The lowest BCUT2D eigenvalue weighted by atomic mass is 9.69. The van der Waals surface area contributed by atoms with Crippen molar-refractivity contribution in [1.82, 2.24) is 0 Å². The van der Waals surface area contributed by atoms with E-state index in [2.05, 4.69) is 182 Å². The molecule has 0 saturated heterocycles. The number of fused-ring (bicyclic) bond motifs is 17. The first kappa shape index (κ1) is 28.0. The molecule has 9 aromatic carbocycles. The molecule has 1 spiro atoms. The van der Waals surface area contributed by atoms with E-state index in [1.54, 1.807) is 0 Å². The zero-order valence-electron chi connectivity index (χ0n) is 28.2. The summed E-state index contributed by atoms with van der Waals surface area (Å²) in [5.41, 5.74) is 16.9. The summed E-state index contributed by atoms with van der Waals surface area (Å²) in [5, 5.41) is 7.23. The van der Waals surface area contributed by atoms with Gasteiger partial charge in [-0.1, -0.05) is 164 Å². The molecule has 0 unspecified atom stereocenters. The Balaban J connectivity index is 1.19. The lowest BCUT2D eigenvalue weighted by Gasteiger charge is -2.32. The average Bonchev–Trinajstić information content (AvgIpc) is 3.85. The number of hydrogen-bond donors (Lipinski definition) is 0. The van der Waals surface area contributed by atoms with Gasteiger partial charge < -0.3 is 4.42 Å². The van der Waals surface area contributed by atoms with Crippen LogP contribution in [0.5, 0.6) is 0 Å². The van der Waals surface area contributed by atoms with E-state index >= 15 is 0 Å². The van der Waals surface area contributed by atoms with E-state index < -0.39 is 5.41 Å². The summed E-state index contributed by atoms with van der Waals surface area (Å²) < 4.78 is 6.65. The molecule has 0 bridgehead atoms. The fraction of sp³-hybridized carbons (Fsp3) is 0.0196. The average molecular weight is 659 g/mol. The molecule has 0 N–H and O–H groups in total. The molecular weight excluding hydrogens is 629 g/mol. The zero-order valence-corrected chi connectivity index (χ0v) is 28.2. The molecule has 2 aliphatic rings. The number of benzene rings is 9. The summed E-state index contributed by atoms with van der Waals surface area (Å²) in [4.78, 5) is 0. The first-order valence-electron chi connectivity index (χ1n) is 18.1. The van der Waals surface area contributed by atoms with E-state index in [4.69, 9.17) is 4.42 Å². The first-order valence-corrected chi connectivity index (χ1v) is 18.1. The zero-order chi connectivity index (χ0) is 34.0. The van der Waals surface area contributed by atoms with Gasteiger partial charge in [-0.3, -0.25) is 0 Å². The molecule has 0 atom stereocenters. The third-order valence-corrected chi connectivity index (χ3v) is 11.9. The van der Waals surface area contributed by atoms with Crippen LogP contribution in [-0.4, -0.2) is 0 Å². The molecule has 1 nitrogen and oxygen atoms in total. The third-order valence-electron chi connectivity index (χ3n) is 11.9. The second-order valence-electron chi connectivity index (χ2n) is 14.3. The van der Waals surface area contributed by atoms with E-state index in [1.807, 2.05) is 0 Å². The Labute approximate surface area is 301 Å². The van der Waals surface area contributed by atoms with Crippen LogP contribution in [0, 0.1) is 0 Å². The predicted octanol–water partition coefficient (Wildman–Crippen LogP) is 13.6. The number of rotatable bonds is 2. The van der Waals surface area contributed by atoms with Gasteiger partial charge in [0.1, 0.15) is 11.2 Å². The van der Waals surface area contributed by atoms with Crippen LogP contribution in [0.1, 0.15) is 22.3 Å². The number of hydrogen-bond acceptors (Lipinski definition) is 1. The second kappa shape index (κ2) is 10.2. The van der Waals surface area contributed by atoms with Crippen LogP contribution in [0.2, 0.25) is 0 Å². The molecular formula is C51H30O. The summed E-state index contributed by atoms with van der Waals surface area (Å²) in [6.07, 6.45) is 0. The fourth-order valence-electron chi connectivity index (χ4n) is 9.84. The minimum atomic E-state index is -0.481. The third kappa shape index (κ3) is 3.48. The maximum atomic E-state index is 6.65. The van der Waals surface area contributed by atoms with Gasteiger partial charge >= 0.3 is 0 Å². The molecule has 0 radical (unpaired) electrons. The van der Waals surface area contributed by atoms with E-state index in [9.17, 15) is 0 Å². The lowest BCUT2D eigenvalue weighted by molar-refractivity contribution is 0.673. The second-order valence-corrected chi connectivity index (χ2v) is 14.3. The highest BCUT2D eigenvalue weighted by Gasteiger charge is 2.52. The molecule has 12 rings (SSSR count). The molecule has 240 valence electrons. The number of furan rings is 1. The van der Waals surface area contributed by atoms with Crippen molar-refractivity contribution in [3.8, 4) is 44.5 Å². The summed E-state index contributed by atoms with van der Waals surface area (Å²) in [6.45, 7) is 0. The van der Waals surface area contributed by atoms with Crippen molar-refractivity contribution in [3.63, 3.8) is 0 Å². The van der Waals surface area contributed by atoms with E-state index in [0.29, 0.717) is 0 Å². The van der Waals surface area contributed by atoms with Crippen molar-refractivity contribution in [2.75, 3.05) is 0 Å². The maximum Gasteiger partial charge on any atom is 0.143 e. The SMILES string of the molecule is c1ccc(-c2cccc3c4c(ccc23)-c2ccc(-c3cccc5oc6c7ccccc7ccc6c35)cc2C42c3ccccc3-c3ccccc32)cc1. The topological polar surface area (TPSA) is 13.1 Å². The van der Waals surface area contributed by atoms with Crippen molar-refractivity contribution >= 4 is 43.5 Å². The van der Waals surface area contributed by atoms with Gasteiger partial charge in [0.05, 0.1) is 5.41 Å². The quantitative estimate of drug-likeness (QED) is 0.180. The minimum absolute atomic E-state index is 0.481. The Hall–Kier alpha value is -6.70. The Kier molecular flexibility index (Phi) is 5.49. The smallest absolute Gasteiger partial charge is 0.143 e. The van der Waals surface area contributed by atoms with E-state index in [-0.39, 0.29) is 0 Å².